The molecule has 3 amide bonds. The number of rotatable bonds is 4. The van der Waals surface area contributed by atoms with Gasteiger partial charge in [-0.1, -0.05) is 47.5 Å². The Morgan fingerprint density at radius 1 is 1.00 bits per heavy atom. The third-order valence-corrected chi connectivity index (χ3v) is 6.64. The summed E-state index contributed by atoms with van der Waals surface area (Å²) in [5.41, 5.74) is 1.70. The smallest absolute Gasteiger partial charge is 0.294 e. The SMILES string of the molecule is O=C(CN1C(=O)SC(=Cc2ccc(Cl)cc2Cl)C1=O)N1CCN(c2ccccc2)CC1. The van der Waals surface area contributed by atoms with Crippen molar-refractivity contribution in [1.82, 2.24) is 9.80 Å². The van der Waals surface area contributed by atoms with Crippen LogP contribution in [0.25, 0.3) is 6.08 Å². The molecule has 2 aliphatic rings. The summed E-state index contributed by atoms with van der Waals surface area (Å²) in [5, 5.41) is 0.400. The number of hydrogen-bond donors (Lipinski definition) is 0. The van der Waals surface area contributed by atoms with E-state index in [1.807, 2.05) is 30.3 Å². The Morgan fingerprint density at radius 3 is 2.39 bits per heavy atom. The molecule has 0 saturated carbocycles. The van der Waals surface area contributed by atoms with E-state index in [0.29, 0.717) is 41.8 Å². The predicted octanol–water partition coefficient (Wildman–Crippen LogP) is 4.38. The van der Waals surface area contributed by atoms with E-state index in [0.717, 1.165) is 22.3 Å². The number of nitrogens with zero attached hydrogens (tertiary/aromatic N) is 3. The van der Waals surface area contributed by atoms with Crippen molar-refractivity contribution in [2.75, 3.05) is 37.6 Å². The van der Waals surface area contributed by atoms with Gasteiger partial charge < -0.3 is 9.80 Å². The molecule has 4 rings (SSSR count). The first kappa shape index (κ1) is 21.7. The lowest BCUT2D eigenvalue weighted by molar-refractivity contribution is -0.136. The summed E-state index contributed by atoms with van der Waals surface area (Å²) in [6.07, 6.45) is 1.55. The van der Waals surface area contributed by atoms with Crippen LogP contribution in [0.3, 0.4) is 0 Å². The van der Waals surface area contributed by atoms with Crippen LogP contribution in [0, 0.1) is 0 Å². The predicted molar refractivity (Wildman–Crippen MR) is 124 cm³/mol. The lowest BCUT2D eigenvalue weighted by atomic mass is 10.2. The largest absolute Gasteiger partial charge is 0.368 e. The summed E-state index contributed by atoms with van der Waals surface area (Å²) in [4.78, 5) is 43.0. The molecule has 2 heterocycles. The van der Waals surface area contributed by atoms with Gasteiger partial charge in [-0.2, -0.15) is 0 Å². The van der Waals surface area contributed by atoms with E-state index in [1.54, 1.807) is 29.2 Å². The lowest BCUT2D eigenvalue weighted by Crippen LogP contribution is -2.51. The lowest BCUT2D eigenvalue weighted by Gasteiger charge is -2.36. The zero-order chi connectivity index (χ0) is 22.0. The van der Waals surface area contributed by atoms with Crippen LogP contribution in [0.1, 0.15) is 5.56 Å². The molecule has 2 saturated heterocycles. The van der Waals surface area contributed by atoms with Crippen molar-refractivity contribution in [3.05, 3.63) is 69.0 Å². The molecule has 0 radical (unpaired) electrons. The van der Waals surface area contributed by atoms with E-state index in [2.05, 4.69) is 4.90 Å². The van der Waals surface area contributed by atoms with Crippen LogP contribution in [0.5, 0.6) is 0 Å². The van der Waals surface area contributed by atoms with E-state index in [4.69, 9.17) is 23.2 Å². The third-order valence-electron chi connectivity index (χ3n) is 5.17. The highest BCUT2D eigenvalue weighted by molar-refractivity contribution is 8.18. The second-order valence-corrected chi connectivity index (χ2v) is 8.97. The minimum absolute atomic E-state index is 0.232. The zero-order valence-corrected chi connectivity index (χ0v) is 18.8. The van der Waals surface area contributed by atoms with Gasteiger partial charge >= 0.3 is 0 Å². The van der Waals surface area contributed by atoms with Crippen molar-refractivity contribution < 1.29 is 14.4 Å². The summed E-state index contributed by atoms with van der Waals surface area (Å²) >= 11 is 12.9. The molecule has 0 aromatic heterocycles. The number of halogens is 2. The molecule has 0 unspecified atom stereocenters. The summed E-state index contributed by atoms with van der Waals surface area (Å²) in [5.74, 6) is -0.724. The Labute approximate surface area is 194 Å². The van der Waals surface area contributed by atoms with Crippen LogP contribution in [0.2, 0.25) is 10.0 Å². The Hall–Kier alpha value is -2.48. The van der Waals surface area contributed by atoms with Crippen molar-refractivity contribution in [2.24, 2.45) is 0 Å². The van der Waals surface area contributed by atoms with Gasteiger partial charge in [0.1, 0.15) is 6.54 Å². The highest BCUT2D eigenvalue weighted by Crippen LogP contribution is 2.34. The maximum absolute atomic E-state index is 12.7. The van der Waals surface area contributed by atoms with Gasteiger partial charge in [-0.15, -0.1) is 0 Å². The average molecular weight is 476 g/mol. The fraction of sp³-hybridized carbons (Fsp3) is 0.227. The van der Waals surface area contributed by atoms with Crippen LogP contribution in [0.15, 0.2) is 53.4 Å². The first-order chi connectivity index (χ1) is 14.9. The molecule has 9 heteroatoms. The maximum Gasteiger partial charge on any atom is 0.294 e. The van der Waals surface area contributed by atoms with Crippen molar-refractivity contribution in [3.8, 4) is 0 Å². The number of thioether (sulfide) groups is 1. The van der Waals surface area contributed by atoms with E-state index >= 15 is 0 Å². The van der Waals surface area contributed by atoms with Crippen molar-refractivity contribution in [2.45, 2.75) is 0 Å². The molecule has 31 heavy (non-hydrogen) atoms. The molecule has 0 atom stereocenters. The van der Waals surface area contributed by atoms with Gasteiger partial charge in [0.2, 0.25) is 5.91 Å². The van der Waals surface area contributed by atoms with Crippen LogP contribution in [0.4, 0.5) is 10.5 Å². The Balaban J connectivity index is 1.38. The van der Waals surface area contributed by atoms with Gasteiger partial charge in [-0.3, -0.25) is 19.3 Å². The number of carbonyl (C=O) groups excluding carboxylic acids is 3. The molecule has 2 aromatic carbocycles. The zero-order valence-electron chi connectivity index (χ0n) is 16.5. The standard InChI is InChI=1S/C22H19Cl2N3O3S/c23-16-7-6-15(18(24)13-16)12-19-21(29)27(22(30)31-19)14-20(28)26-10-8-25(9-11-26)17-4-2-1-3-5-17/h1-7,12-13H,8-11,14H2. The van der Waals surface area contributed by atoms with Gasteiger partial charge in [-0.25, -0.2) is 0 Å². The quantitative estimate of drug-likeness (QED) is 0.614. The van der Waals surface area contributed by atoms with E-state index in [9.17, 15) is 14.4 Å². The number of piperazine rings is 1. The fourth-order valence-corrected chi connectivity index (χ4v) is 4.78. The fourth-order valence-electron chi connectivity index (χ4n) is 3.48. The summed E-state index contributed by atoms with van der Waals surface area (Å²) < 4.78 is 0. The molecule has 0 bridgehead atoms. The normalized spacial score (nSPS) is 18.3. The second-order valence-electron chi connectivity index (χ2n) is 7.14. The monoisotopic (exact) mass is 475 g/mol. The van der Waals surface area contributed by atoms with Gasteiger partial charge in [-0.05, 0) is 47.7 Å². The molecular weight excluding hydrogens is 457 g/mol. The molecule has 0 spiro atoms. The molecular formula is C22H19Cl2N3O3S. The average Bonchev–Trinajstić information content (AvgIpc) is 3.03. The first-order valence-corrected chi connectivity index (χ1v) is 11.3. The van der Waals surface area contributed by atoms with Gasteiger partial charge in [0.25, 0.3) is 11.1 Å². The second kappa shape index (κ2) is 9.34. The van der Waals surface area contributed by atoms with Gasteiger partial charge in [0, 0.05) is 41.9 Å². The molecule has 6 nitrogen and oxygen atoms in total. The number of imide groups is 1. The summed E-state index contributed by atoms with van der Waals surface area (Å²) in [6, 6.07) is 14.9. The van der Waals surface area contributed by atoms with Gasteiger partial charge in [0.05, 0.1) is 4.91 Å². The molecule has 2 aromatic rings. The maximum atomic E-state index is 12.7. The first-order valence-electron chi connectivity index (χ1n) is 9.70. The Morgan fingerprint density at radius 2 is 1.71 bits per heavy atom. The minimum atomic E-state index is -0.489. The highest BCUT2D eigenvalue weighted by atomic mass is 35.5. The van der Waals surface area contributed by atoms with Gasteiger partial charge in [0.15, 0.2) is 0 Å². The Bertz CT molecular complexity index is 1050. The van der Waals surface area contributed by atoms with E-state index in [-0.39, 0.29) is 17.4 Å². The number of amides is 3. The number of hydrogen-bond acceptors (Lipinski definition) is 5. The topological polar surface area (TPSA) is 60.9 Å². The van der Waals surface area contributed by atoms with Crippen LogP contribution >= 0.6 is 35.0 Å². The molecule has 0 N–H and O–H groups in total. The molecule has 2 fully saturated rings. The molecule has 160 valence electrons. The highest BCUT2D eigenvalue weighted by Gasteiger charge is 2.37. The number of anilines is 1. The molecule has 0 aliphatic carbocycles. The number of carbonyl (C=O) groups is 3. The Kier molecular flexibility index (Phi) is 6.55. The number of benzene rings is 2. The summed E-state index contributed by atoms with van der Waals surface area (Å²) in [7, 11) is 0. The third kappa shape index (κ3) is 4.89. The van der Waals surface area contributed by atoms with Crippen LogP contribution in [-0.4, -0.2) is 59.6 Å². The van der Waals surface area contributed by atoms with E-state index < -0.39 is 11.1 Å². The summed E-state index contributed by atoms with van der Waals surface area (Å²) in [6.45, 7) is 2.22. The van der Waals surface area contributed by atoms with Crippen LogP contribution < -0.4 is 4.90 Å². The van der Waals surface area contributed by atoms with Crippen molar-refractivity contribution in [1.29, 1.82) is 0 Å². The van der Waals surface area contributed by atoms with Crippen molar-refractivity contribution >= 4 is 63.8 Å². The number of para-hydroxylation sites is 1. The van der Waals surface area contributed by atoms with Crippen LogP contribution in [-0.2, 0) is 9.59 Å². The molecule has 2 aliphatic heterocycles. The minimum Gasteiger partial charge on any atom is -0.368 e. The van der Waals surface area contributed by atoms with E-state index in [1.165, 1.54) is 0 Å². The van der Waals surface area contributed by atoms with Crippen molar-refractivity contribution in [3.63, 3.8) is 0 Å².